The Bertz CT molecular complexity index is 586. The topological polar surface area (TPSA) is 54.9 Å². The highest BCUT2D eigenvalue weighted by molar-refractivity contribution is 6.30. The second-order valence-corrected chi connectivity index (χ2v) is 4.01. The smallest absolute Gasteiger partial charge is 0.257 e. The normalized spacial score (nSPS) is 10.2. The fourth-order valence-electron chi connectivity index (χ4n) is 1.34. The first-order chi connectivity index (χ1) is 8.56. The van der Waals surface area contributed by atoms with E-state index in [-0.39, 0.29) is 11.5 Å². The molecule has 0 saturated carbocycles. The minimum atomic E-state index is -0.629. The number of aromatic nitrogens is 2. The molecule has 18 heavy (non-hydrogen) atoms. The van der Waals surface area contributed by atoms with E-state index < -0.39 is 5.95 Å². The van der Waals surface area contributed by atoms with E-state index in [4.69, 9.17) is 11.6 Å². The molecule has 0 saturated heterocycles. The van der Waals surface area contributed by atoms with Crippen LogP contribution in [0.25, 0.3) is 0 Å². The van der Waals surface area contributed by atoms with Crippen LogP contribution in [-0.2, 0) is 0 Å². The van der Waals surface area contributed by atoms with Crippen molar-refractivity contribution < 1.29 is 9.18 Å². The molecule has 0 radical (unpaired) electrons. The molecule has 0 spiro atoms. The molecule has 6 heteroatoms. The molecule has 2 aromatic heterocycles. The van der Waals surface area contributed by atoms with Crippen LogP contribution in [0.4, 0.5) is 10.1 Å². The molecule has 0 aliphatic rings. The third-order valence-corrected chi connectivity index (χ3v) is 2.66. The van der Waals surface area contributed by atoms with Crippen molar-refractivity contribution in [3.05, 3.63) is 52.8 Å². The summed E-state index contributed by atoms with van der Waals surface area (Å²) in [5, 5.41) is 3.01. The van der Waals surface area contributed by atoms with Gasteiger partial charge < -0.3 is 5.32 Å². The Morgan fingerprint density at radius 2 is 2.11 bits per heavy atom. The minimum absolute atomic E-state index is 0.268. The highest BCUT2D eigenvalue weighted by Gasteiger charge is 2.08. The summed E-state index contributed by atoms with van der Waals surface area (Å²) in [7, 11) is 0. The number of nitrogens with one attached hydrogen (secondary N) is 1. The number of halogens is 2. The van der Waals surface area contributed by atoms with Gasteiger partial charge in [0.15, 0.2) is 0 Å². The van der Waals surface area contributed by atoms with Crippen LogP contribution in [0.3, 0.4) is 0 Å². The van der Waals surface area contributed by atoms with Gasteiger partial charge in [0.05, 0.1) is 17.4 Å². The van der Waals surface area contributed by atoms with Crippen LogP contribution in [0.5, 0.6) is 0 Å². The number of carbonyl (C=O) groups excluding carboxylic acids is 1. The Balaban J connectivity index is 2.16. The van der Waals surface area contributed by atoms with Crippen LogP contribution in [0.1, 0.15) is 15.9 Å². The summed E-state index contributed by atoms with van der Waals surface area (Å²) < 4.78 is 12.6. The molecular weight excluding hydrogens is 257 g/mol. The average Bonchev–Trinajstić information content (AvgIpc) is 2.34. The van der Waals surface area contributed by atoms with Gasteiger partial charge in [-0.1, -0.05) is 11.6 Å². The van der Waals surface area contributed by atoms with Crippen LogP contribution in [0.15, 0.2) is 30.6 Å². The predicted molar refractivity (Wildman–Crippen MR) is 66.1 cm³/mol. The second-order valence-electron chi connectivity index (χ2n) is 3.66. The van der Waals surface area contributed by atoms with E-state index in [0.29, 0.717) is 10.8 Å². The van der Waals surface area contributed by atoms with E-state index in [2.05, 4.69) is 15.3 Å². The van der Waals surface area contributed by atoms with Gasteiger partial charge >= 0.3 is 0 Å². The van der Waals surface area contributed by atoms with Crippen LogP contribution >= 0.6 is 11.6 Å². The second kappa shape index (κ2) is 5.10. The Morgan fingerprint density at radius 1 is 1.33 bits per heavy atom. The lowest BCUT2D eigenvalue weighted by Crippen LogP contribution is -2.12. The average molecular weight is 266 g/mol. The van der Waals surface area contributed by atoms with Crippen molar-refractivity contribution in [2.75, 3.05) is 5.32 Å². The number of hydrogen-bond donors (Lipinski definition) is 1. The third-order valence-electron chi connectivity index (χ3n) is 2.26. The van der Waals surface area contributed by atoms with Crippen LogP contribution in [-0.4, -0.2) is 15.9 Å². The lowest BCUT2D eigenvalue weighted by molar-refractivity contribution is 0.102. The summed E-state index contributed by atoms with van der Waals surface area (Å²) in [6.07, 6.45) is 2.62. The Hall–Kier alpha value is -2.01. The number of amides is 1. The number of rotatable bonds is 2. The molecule has 2 heterocycles. The molecule has 0 aliphatic heterocycles. The van der Waals surface area contributed by atoms with Crippen molar-refractivity contribution >= 4 is 23.2 Å². The van der Waals surface area contributed by atoms with E-state index in [1.165, 1.54) is 18.5 Å². The molecule has 92 valence electrons. The quantitative estimate of drug-likeness (QED) is 0.850. The summed E-state index contributed by atoms with van der Waals surface area (Å²) in [5.41, 5.74) is 1.54. The lowest BCUT2D eigenvalue weighted by Gasteiger charge is -2.06. The molecule has 0 atom stereocenters. The molecular formula is C12H9ClFN3O. The monoisotopic (exact) mass is 265 g/mol. The largest absolute Gasteiger partial charge is 0.321 e. The highest BCUT2D eigenvalue weighted by atomic mass is 35.5. The third kappa shape index (κ3) is 2.81. The van der Waals surface area contributed by atoms with Gasteiger partial charge in [-0.3, -0.25) is 4.79 Å². The number of nitrogens with zero attached hydrogens (tertiary/aromatic N) is 2. The maximum Gasteiger partial charge on any atom is 0.257 e. The zero-order chi connectivity index (χ0) is 13.1. The van der Waals surface area contributed by atoms with Gasteiger partial charge in [-0.15, -0.1) is 0 Å². The first-order valence-electron chi connectivity index (χ1n) is 5.11. The number of carbonyl (C=O) groups is 1. The van der Waals surface area contributed by atoms with Gasteiger partial charge in [-0.2, -0.15) is 4.39 Å². The summed E-state index contributed by atoms with van der Waals surface area (Å²) in [5.74, 6) is -1.01. The Kier molecular flexibility index (Phi) is 3.53. The predicted octanol–water partition coefficient (Wildman–Crippen LogP) is 2.83. The standard InChI is InChI=1S/C12H9ClFN3O/c1-7-4-9(6-16-11(7)13)17-12(18)8-2-3-10(14)15-5-8/h2-6H,1H3,(H,17,18). The molecule has 0 aliphatic carbocycles. The summed E-state index contributed by atoms with van der Waals surface area (Å²) >= 11 is 5.78. The van der Waals surface area contributed by atoms with Gasteiger partial charge in [0.1, 0.15) is 5.15 Å². The zero-order valence-corrected chi connectivity index (χ0v) is 10.2. The summed E-state index contributed by atoms with van der Waals surface area (Å²) in [4.78, 5) is 19.1. The van der Waals surface area contributed by atoms with Gasteiger partial charge in [-0.05, 0) is 30.7 Å². The number of anilines is 1. The molecule has 2 aromatic rings. The number of aryl methyl sites for hydroxylation is 1. The van der Waals surface area contributed by atoms with Crippen molar-refractivity contribution in [3.63, 3.8) is 0 Å². The number of hydrogen-bond acceptors (Lipinski definition) is 3. The molecule has 0 bridgehead atoms. The molecule has 1 N–H and O–H groups in total. The molecule has 4 nitrogen and oxygen atoms in total. The summed E-state index contributed by atoms with van der Waals surface area (Å²) in [6.45, 7) is 1.78. The van der Waals surface area contributed by atoms with E-state index in [1.54, 1.807) is 13.0 Å². The molecule has 0 unspecified atom stereocenters. The maximum absolute atomic E-state index is 12.6. The van der Waals surface area contributed by atoms with Crippen molar-refractivity contribution in [2.24, 2.45) is 0 Å². The minimum Gasteiger partial charge on any atom is -0.321 e. The summed E-state index contributed by atoms with van der Waals surface area (Å²) in [6, 6.07) is 4.18. The molecule has 2 rings (SSSR count). The first-order valence-corrected chi connectivity index (χ1v) is 5.49. The van der Waals surface area contributed by atoms with Crippen LogP contribution in [0, 0.1) is 12.9 Å². The lowest BCUT2D eigenvalue weighted by atomic mass is 10.2. The highest BCUT2D eigenvalue weighted by Crippen LogP contribution is 2.16. The molecule has 0 aromatic carbocycles. The van der Waals surface area contributed by atoms with E-state index in [9.17, 15) is 9.18 Å². The fourth-order valence-corrected chi connectivity index (χ4v) is 1.44. The van der Waals surface area contributed by atoms with Gasteiger partial charge in [-0.25, -0.2) is 9.97 Å². The van der Waals surface area contributed by atoms with Gasteiger partial charge in [0.2, 0.25) is 5.95 Å². The number of pyridine rings is 2. The van der Waals surface area contributed by atoms with Gasteiger partial charge in [0.25, 0.3) is 5.91 Å². The van der Waals surface area contributed by atoms with Crippen molar-refractivity contribution in [2.45, 2.75) is 6.92 Å². The van der Waals surface area contributed by atoms with E-state index >= 15 is 0 Å². The molecule has 0 fully saturated rings. The van der Waals surface area contributed by atoms with E-state index in [1.807, 2.05) is 0 Å². The zero-order valence-electron chi connectivity index (χ0n) is 9.45. The van der Waals surface area contributed by atoms with Crippen LogP contribution in [0.2, 0.25) is 5.15 Å². The first kappa shape index (κ1) is 12.4. The Labute approximate surface area is 108 Å². The van der Waals surface area contributed by atoms with Crippen molar-refractivity contribution in [1.29, 1.82) is 0 Å². The van der Waals surface area contributed by atoms with Crippen molar-refractivity contribution in [3.8, 4) is 0 Å². The van der Waals surface area contributed by atoms with Crippen LogP contribution < -0.4 is 5.32 Å². The maximum atomic E-state index is 12.6. The van der Waals surface area contributed by atoms with E-state index in [0.717, 1.165) is 11.6 Å². The molecule has 1 amide bonds. The van der Waals surface area contributed by atoms with Crippen molar-refractivity contribution in [1.82, 2.24) is 9.97 Å². The Morgan fingerprint density at radius 3 is 2.72 bits per heavy atom. The SMILES string of the molecule is Cc1cc(NC(=O)c2ccc(F)nc2)cnc1Cl. The fraction of sp³-hybridized carbons (Fsp3) is 0.0833. The van der Waals surface area contributed by atoms with Gasteiger partial charge in [0, 0.05) is 6.20 Å².